The minimum atomic E-state index is -1.01. The van der Waals surface area contributed by atoms with Crippen molar-refractivity contribution >= 4 is 6.09 Å². The Morgan fingerprint density at radius 2 is 2.71 bits per heavy atom. The number of hydrogen-bond acceptors (Lipinski definition) is 1. The van der Waals surface area contributed by atoms with Gasteiger partial charge in [0.1, 0.15) is 0 Å². The molecule has 2 N–H and O–H groups in total. The zero-order chi connectivity index (χ0) is 5.70. The topological polar surface area (TPSA) is 49.3 Å². The van der Waals surface area contributed by atoms with Gasteiger partial charge in [0.25, 0.3) is 0 Å². The summed E-state index contributed by atoms with van der Waals surface area (Å²) in [6, 6.07) is 0. The number of carbonyl (C=O) groups is 1. The van der Waals surface area contributed by atoms with Crippen LogP contribution in [0.1, 0.15) is 1.43 Å². The van der Waals surface area contributed by atoms with Crippen molar-refractivity contribution in [2.75, 3.05) is 6.54 Å². The van der Waals surface area contributed by atoms with E-state index in [2.05, 4.69) is 11.9 Å². The molecule has 42 valence electrons. The number of carboxylic acid groups (broad SMARTS) is 1. The fourth-order valence-electron chi connectivity index (χ4n) is 0.159. The molecule has 0 aromatic carbocycles. The van der Waals surface area contributed by atoms with Crippen molar-refractivity contribution in [2.24, 2.45) is 0 Å². The molecule has 0 aliphatic rings. The Labute approximate surface area is 43.1 Å². The molecule has 0 radical (unpaired) electrons. The Balaban J connectivity index is 0. The molecule has 3 heteroatoms. The van der Waals surface area contributed by atoms with Gasteiger partial charge in [-0.3, -0.25) is 0 Å². The van der Waals surface area contributed by atoms with Gasteiger partial charge in [-0.1, -0.05) is 6.08 Å². The van der Waals surface area contributed by atoms with Gasteiger partial charge in [0.05, 0.1) is 0 Å². The number of rotatable bonds is 2. The molecule has 0 rings (SSSR count). The predicted octanol–water partition coefficient (Wildman–Crippen LogP) is 0.686. The Morgan fingerprint density at radius 3 is 2.86 bits per heavy atom. The van der Waals surface area contributed by atoms with Crippen LogP contribution < -0.4 is 5.32 Å². The van der Waals surface area contributed by atoms with E-state index in [0.29, 0.717) is 6.54 Å². The summed E-state index contributed by atoms with van der Waals surface area (Å²) in [5.41, 5.74) is 0. The lowest BCUT2D eigenvalue weighted by Crippen LogP contribution is -2.19. The zero-order valence-corrected chi connectivity index (χ0v) is 3.85. The molecule has 0 bridgehead atoms. The summed E-state index contributed by atoms with van der Waals surface area (Å²) in [5.74, 6) is 0. The number of amides is 1. The Hall–Kier alpha value is -0.990. The van der Waals surface area contributed by atoms with Crippen LogP contribution in [0.15, 0.2) is 12.7 Å². The van der Waals surface area contributed by atoms with E-state index < -0.39 is 6.09 Å². The normalized spacial score (nSPS) is 7.43. The Bertz CT molecular complexity index is 84.1. The van der Waals surface area contributed by atoms with Gasteiger partial charge in [0.2, 0.25) is 0 Å². The molecule has 1 amide bonds. The van der Waals surface area contributed by atoms with Crippen LogP contribution in [0, 0.1) is 0 Å². The Morgan fingerprint density at radius 1 is 2.14 bits per heavy atom. The molecular weight excluding hydrogens is 94.0 g/mol. The van der Waals surface area contributed by atoms with Crippen LogP contribution >= 0.6 is 0 Å². The summed E-state index contributed by atoms with van der Waals surface area (Å²) >= 11 is 0. The van der Waals surface area contributed by atoms with E-state index in [1.807, 2.05) is 0 Å². The van der Waals surface area contributed by atoms with E-state index in [-0.39, 0.29) is 1.43 Å². The molecule has 0 spiro atoms. The van der Waals surface area contributed by atoms with Gasteiger partial charge in [-0.15, -0.1) is 6.58 Å². The maximum Gasteiger partial charge on any atom is 0.404 e. The van der Waals surface area contributed by atoms with Gasteiger partial charge in [-0.25, -0.2) is 4.79 Å². The van der Waals surface area contributed by atoms with Crippen LogP contribution in [0.5, 0.6) is 0 Å². The summed E-state index contributed by atoms with van der Waals surface area (Å²) in [4.78, 5) is 9.60. The first-order valence-electron chi connectivity index (χ1n) is 1.85. The van der Waals surface area contributed by atoms with Crippen LogP contribution in [0.2, 0.25) is 0 Å². The highest BCUT2D eigenvalue weighted by Gasteiger charge is 1.84. The smallest absolute Gasteiger partial charge is 0.404 e. The molecule has 0 aromatic heterocycles. The monoisotopic (exact) mass is 103 g/mol. The summed E-state index contributed by atoms with van der Waals surface area (Å²) in [6.07, 6.45) is 0.466. The first-order valence-corrected chi connectivity index (χ1v) is 1.85. The fraction of sp³-hybridized carbons (Fsp3) is 0.250. The van der Waals surface area contributed by atoms with Gasteiger partial charge >= 0.3 is 6.09 Å². The summed E-state index contributed by atoms with van der Waals surface area (Å²) < 4.78 is 0. The van der Waals surface area contributed by atoms with Gasteiger partial charge in [-0.05, 0) is 0 Å². The first kappa shape index (κ1) is 6.01. The minimum Gasteiger partial charge on any atom is -0.465 e. The lowest BCUT2D eigenvalue weighted by atomic mass is 10.6. The number of nitrogens with one attached hydrogen (secondary N) is 1. The van der Waals surface area contributed by atoms with Crippen molar-refractivity contribution in [3.05, 3.63) is 12.7 Å². The summed E-state index contributed by atoms with van der Waals surface area (Å²) in [5, 5.41) is 9.98. The van der Waals surface area contributed by atoms with E-state index in [9.17, 15) is 4.79 Å². The van der Waals surface area contributed by atoms with E-state index in [0.717, 1.165) is 0 Å². The Kier molecular flexibility index (Phi) is 2.76. The maximum atomic E-state index is 9.60. The molecule has 0 aliphatic carbocycles. The highest BCUT2D eigenvalue weighted by molar-refractivity contribution is 5.64. The van der Waals surface area contributed by atoms with Crippen molar-refractivity contribution in [3.8, 4) is 0 Å². The highest BCUT2D eigenvalue weighted by atomic mass is 16.4. The molecule has 0 unspecified atom stereocenters. The van der Waals surface area contributed by atoms with E-state index in [1.165, 1.54) is 6.08 Å². The first-order chi connectivity index (χ1) is 3.27. The van der Waals surface area contributed by atoms with Crippen molar-refractivity contribution < 1.29 is 11.3 Å². The zero-order valence-electron chi connectivity index (χ0n) is 3.85. The standard InChI is InChI=1S/C4H7NO2.H2/c1-2-3-5-4(6)7;/h2,5H,1,3H2,(H,6,7);1H. The maximum absolute atomic E-state index is 9.60. The van der Waals surface area contributed by atoms with E-state index >= 15 is 0 Å². The van der Waals surface area contributed by atoms with Crippen molar-refractivity contribution in [1.29, 1.82) is 0 Å². The van der Waals surface area contributed by atoms with Crippen LogP contribution in [0.25, 0.3) is 0 Å². The molecule has 7 heavy (non-hydrogen) atoms. The quantitative estimate of drug-likeness (QED) is 0.505. The average molecular weight is 103 g/mol. The van der Waals surface area contributed by atoms with Gasteiger partial charge < -0.3 is 10.4 Å². The second kappa shape index (κ2) is 3.21. The number of hydrogen-bond donors (Lipinski definition) is 2. The molecule has 0 aromatic rings. The van der Waals surface area contributed by atoms with Gasteiger partial charge in [0, 0.05) is 7.97 Å². The third kappa shape index (κ3) is 5.01. The van der Waals surface area contributed by atoms with Gasteiger partial charge in [0.15, 0.2) is 0 Å². The third-order valence-corrected chi connectivity index (χ3v) is 0.398. The van der Waals surface area contributed by atoms with Crippen molar-refractivity contribution in [1.82, 2.24) is 5.32 Å². The summed E-state index contributed by atoms with van der Waals surface area (Å²) in [7, 11) is 0. The van der Waals surface area contributed by atoms with E-state index in [4.69, 9.17) is 5.11 Å². The molecule has 0 heterocycles. The van der Waals surface area contributed by atoms with Crippen molar-refractivity contribution in [2.45, 2.75) is 0 Å². The second-order valence-electron chi connectivity index (χ2n) is 0.975. The molecule has 0 aliphatic heterocycles. The molecular formula is C4H9NO2. The SMILES string of the molecule is C=CCNC(=O)O.[HH]. The van der Waals surface area contributed by atoms with Crippen LogP contribution in [-0.4, -0.2) is 17.7 Å². The van der Waals surface area contributed by atoms with Crippen LogP contribution in [0.4, 0.5) is 4.79 Å². The van der Waals surface area contributed by atoms with Crippen LogP contribution in [-0.2, 0) is 0 Å². The average Bonchev–Trinajstić information content (AvgIpc) is 1.61. The van der Waals surface area contributed by atoms with Crippen LogP contribution in [0.3, 0.4) is 0 Å². The van der Waals surface area contributed by atoms with Crippen molar-refractivity contribution in [3.63, 3.8) is 0 Å². The van der Waals surface area contributed by atoms with Gasteiger partial charge in [-0.2, -0.15) is 0 Å². The lowest BCUT2D eigenvalue weighted by Gasteiger charge is -1.88. The van der Waals surface area contributed by atoms with E-state index in [1.54, 1.807) is 0 Å². The lowest BCUT2D eigenvalue weighted by molar-refractivity contribution is 0.195. The molecule has 0 atom stereocenters. The fourth-order valence-corrected chi connectivity index (χ4v) is 0.159. The molecule has 3 nitrogen and oxygen atoms in total. The predicted molar refractivity (Wildman–Crippen MR) is 28.3 cm³/mol. The second-order valence-corrected chi connectivity index (χ2v) is 0.975. The highest BCUT2D eigenvalue weighted by Crippen LogP contribution is 1.59. The molecule has 0 saturated heterocycles. The molecule has 0 fully saturated rings. The third-order valence-electron chi connectivity index (χ3n) is 0.398. The largest absolute Gasteiger partial charge is 0.465 e. The summed E-state index contributed by atoms with van der Waals surface area (Å²) in [6.45, 7) is 3.62. The minimum absolute atomic E-state index is 0. The molecule has 0 saturated carbocycles.